The van der Waals surface area contributed by atoms with Crippen molar-refractivity contribution in [1.82, 2.24) is 4.90 Å². The molecular formula is C14H21NO5. The number of hydrogen-bond acceptors (Lipinski definition) is 5. The normalized spacial score (nSPS) is 12.4. The van der Waals surface area contributed by atoms with E-state index in [2.05, 4.69) is 0 Å². The fraction of sp³-hybridized carbons (Fsp3) is 0.500. The predicted molar refractivity (Wildman–Crippen MR) is 74.3 cm³/mol. The summed E-state index contributed by atoms with van der Waals surface area (Å²) in [6.45, 7) is 1.93. The molecule has 0 spiro atoms. The van der Waals surface area contributed by atoms with E-state index in [9.17, 15) is 9.90 Å². The van der Waals surface area contributed by atoms with E-state index in [1.807, 2.05) is 11.9 Å². The number of methoxy groups -OCH3 is 1. The van der Waals surface area contributed by atoms with Gasteiger partial charge in [-0.3, -0.25) is 0 Å². The highest BCUT2D eigenvalue weighted by Gasteiger charge is 2.08. The molecule has 1 atom stereocenters. The van der Waals surface area contributed by atoms with Crippen molar-refractivity contribution in [2.75, 3.05) is 40.5 Å². The minimum atomic E-state index is -0.955. The third kappa shape index (κ3) is 6.01. The monoisotopic (exact) mass is 283 g/mol. The molecule has 0 heterocycles. The molecule has 6 heteroatoms. The van der Waals surface area contributed by atoms with Crippen molar-refractivity contribution >= 4 is 5.97 Å². The average Bonchev–Trinajstić information content (AvgIpc) is 2.39. The number of benzene rings is 1. The van der Waals surface area contributed by atoms with Gasteiger partial charge in [-0.15, -0.1) is 0 Å². The van der Waals surface area contributed by atoms with E-state index in [0.717, 1.165) is 0 Å². The van der Waals surface area contributed by atoms with Crippen molar-refractivity contribution in [3.8, 4) is 5.75 Å². The van der Waals surface area contributed by atoms with Crippen LogP contribution in [0.1, 0.15) is 10.4 Å². The van der Waals surface area contributed by atoms with Crippen molar-refractivity contribution in [2.24, 2.45) is 0 Å². The van der Waals surface area contributed by atoms with Gasteiger partial charge in [-0.25, -0.2) is 4.79 Å². The number of rotatable bonds is 9. The lowest BCUT2D eigenvalue weighted by molar-refractivity contribution is 0.0410. The van der Waals surface area contributed by atoms with Gasteiger partial charge in [0, 0.05) is 20.2 Å². The fourth-order valence-corrected chi connectivity index (χ4v) is 1.71. The predicted octanol–water partition coefficient (Wildman–Crippen LogP) is 0.703. The summed E-state index contributed by atoms with van der Waals surface area (Å²) < 4.78 is 10.4. The Bertz CT molecular complexity index is 407. The summed E-state index contributed by atoms with van der Waals surface area (Å²) in [5.74, 6) is -0.329. The van der Waals surface area contributed by atoms with Gasteiger partial charge in [0.05, 0.1) is 18.3 Å². The van der Waals surface area contributed by atoms with Crippen molar-refractivity contribution in [1.29, 1.82) is 0 Å². The molecule has 0 aliphatic heterocycles. The third-order valence-electron chi connectivity index (χ3n) is 2.72. The highest BCUT2D eigenvalue weighted by atomic mass is 16.5. The SMILES string of the molecule is COCC(O)CN(C)CCOc1ccc(C(=O)O)cc1. The quantitative estimate of drug-likeness (QED) is 0.694. The van der Waals surface area contributed by atoms with Gasteiger partial charge in [0.25, 0.3) is 0 Å². The second-order valence-corrected chi connectivity index (χ2v) is 4.55. The topological polar surface area (TPSA) is 79.2 Å². The van der Waals surface area contributed by atoms with Crippen LogP contribution in [0, 0.1) is 0 Å². The Hall–Kier alpha value is -1.63. The maximum atomic E-state index is 10.7. The Morgan fingerprint density at radius 1 is 1.35 bits per heavy atom. The highest BCUT2D eigenvalue weighted by Crippen LogP contribution is 2.12. The lowest BCUT2D eigenvalue weighted by atomic mass is 10.2. The Morgan fingerprint density at radius 2 is 2.00 bits per heavy atom. The molecule has 0 saturated heterocycles. The maximum absolute atomic E-state index is 10.7. The number of aliphatic hydroxyl groups excluding tert-OH is 1. The standard InChI is InChI=1S/C14H21NO5/c1-15(9-12(16)10-19-2)7-8-20-13-5-3-11(4-6-13)14(17)18/h3-6,12,16H,7-10H2,1-2H3,(H,17,18). The van der Waals surface area contributed by atoms with Crippen LogP contribution in [-0.4, -0.2) is 67.6 Å². The van der Waals surface area contributed by atoms with E-state index in [1.54, 1.807) is 19.2 Å². The van der Waals surface area contributed by atoms with Crippen LogP contribution in [0.4, 0.5) is 0 Å². The number of carbonyl (C=O) groups is 1. The number of aliphatic hydroxyl groups is 1. The molecule has 0 fully saturated rings. The number of carboxylic acids is 1. The van der Waals surface area contributed by atoms with Crippen molar-refractivity contribution in [2.45, 2.75) is 6.10 Å². The summed E-state index contributed by atoms with van der Waals surface area (Å²) in [5.41, 5.74) is 0.233. The van der Waals surface area contributed by atoms with Gasteiger partial charge in [-0.1, -0.05) is 0 Å². The Balaban J connectivity index is 2.28. The molecule has 0 bridgehead atoms. The molecule has 0 saturated carbocycles. The molecule has 112 valence electrons. The number of aromatic carboxylic acids is 1. The molecule has 0 aliphatic carbocycles. The molecule has 0 aliphatic rings. The second-order valence-electron chi connectivity index (χ2n) is 4.55. The van der Waals surface area contributed by atoms with E-state index in [4.69, 9.17) is 14.6 Å². The summed E-state index contributed by atoms with van der Waals surface area (Å²) in [4.78, 5) is 12.6. The lowest BCUT2D eigenvalue weighted by Crippen LogP contribution is -2.34. The number of likely N-dealkylation sites (N-methyl/N-ethyl adjacent to an activating group) is 1. The maximum Gasteiger partial charge on any atom is 0.335 e. The number of hydrogen-bond donors (Lipinski definition) is 2. The molecule has 2 N–H and O–H groups in total. The molecule has 1 aromatic rings. The van der Waals surface area contributed by atoms with E-state index in [-0.39, 0.29) is 5.56 Å². The summed E-state index contributed by atoms with van der Waals surface area (Å²) in [7, 11) is 3.43. The molecule has 1 rings (SSSR count). The van der Waals surface area contributed by atoms with Crippen LogP contribution in [0.25, 0.3) is 0 Å². The van der Waals surface area contributed by atoms with Gasteiger partial charge in [0.2, 0.25) is 0 Å². The van der Waals surface area contributed by atoms with Gasteiger partial charge in [-0.2, -0.15) is 0 Å². The van der Waals surface area contributed by atoms with Gasteiger partial charge in [0.15, 0.2) is 0 Å². The van der Waals surface area contributed by atoms with Crippen LogP contribution in [-0.2, 0) is 4.74 Å². The largest absolute Gasteiger partial charge is 0.492 e. The van der Waals surface area contributed by atoms with E-state index in [0.29, 0.717) is 32.1 Å². The van der Waals surface area contributed by atoms with Gasteiger partial charge in [-0.05, 0) is 31.3 Å². The first-order valence-electron chi connectivity index (χ1n) is 6.34. The zero-order valence-corrected chi connectivity index (χ0v) is 11.8. The Kier molecular flexibility index (Phi) is 7.00. The van der Waals surface area contributed by atoms with Crippen molar-refractivity contribution < 1.29 is 24.5 Å². The van der Waals surface area contributed by atoms with Crippen LogP contribution >= 0.6 is 0 Å². The Morgan fingerprint density at radius 3 is 2.55 bits per heavy atom. The minimum Gasteiger partial charge on any atom is -0.492 e. The van der Waals surface area contributed by atoms with Crippen LogP contribution in [0.5, 0.6) is 5.75 Å². The van der Waals surface area contributed by atoms with Crippen molar-refractivity contribution in [3.05, 3.63) is 29.8 Å². The van der Waals surface area contributed by atoms with Crippen LogP contribution in [0.2, 0.25) is 0 Å². The molecule has 1 unspecified atom stereocenters. The van der Waals surface area contributed by atoms with Crippen LogP contribution in [0.15, 0.2) is 24.3 Å². The molecule has 0 amide bonds. The summed E-state index contributed by atoms with van der Waals surface area (Å²) in [6.07, 6.45) is -0.514. The number of ether oxygens (including phenoxy) is 2. The second kappa shape index (κ2) is 8.52. The summed E-state index contributed by atoms with van der Waals surface area (Å²) in [5, 5.41) is 18.3. The zero-order chi connectivity index (χ0) is 15.0. The molecule has 6 nitrogen and oxygen atoms in total. The number of nitrogens with zero attached hydrogens (tertiary/aromatic N) is 1. The first-order valence-corrected chi connectivity index (χ1v) is 6.34. The van der Waals surface area contributed by atoms with Crippen molar-refractivity contribution in [3.63, 3.8) is 0 Å². The summed E-state index contributed by atoms with van der Waals surface area (Å²) in [6, 6.07) is 6.26. The highest BCUT2D eigenvalue weighted by molar-refractivity contribution is 5.87. The van der Waals surface area contributed by atoms with Crippen LogP contribution in [0.3, 0.4) is 0 Å². The molecule has 0 aromatic heterocycles. The Labute approximate surface area is 118 Å². The molecule has 1 aromatic carbocycles. The first kappa shape index (κ1) is 16.4. The fourth-order valence-electron chi connectivity index (χ4n) is 1.71. The molecular weight excluding hydrogens is 262 g/mol. The van der Waals surface area contributed by atoms with E-state index >= 15 is 0 Å². The zero-order valence-electron chi connectivity index (χ0n) is 11.8. The minimum absolute atomic E-state index is 0.233. The average molecular weight is 283 g/mol. The van der Waals surface area contributed by atoms with Gasteiger partial charge >= 0.3 is 5.97 Å². The number of carboxylic acid groups (broad SMARTS) is 1. The first-order chi connectivity index (χ1) is 9.52. The molecule has 0 radical (unpaired) electrons. The lowest BCUT2D eigenvalue weighted by Gasteiger charge is -2.20. The van der Waals surface area contributed by atoms with E-state index < -0.39 is 12.1 Å². The van der Waals surface area contributed by atoms with Gasteiger partial charge in [0.1, 0.15) is 12.4 Å². The van der Waals surface area contributed by atoms with E-state index in [1.165, 1.54) is 12.1 Å². The smallest absolute Gasteiger partial charge is 0.335 e. The van der Waals surface area contributed by atoms with Gasteiger partial charge < -0.3 is 24.6 Å². The summed E-state index contributed by atoms with van der Waals surface area (Å²) >= 11 is 0. The molecule has 20 heavy (non-hydrogen) atoms. The van der Waals surface area contributed by atoms with Crippen LogP contribution < -0.4 is 4.74 Å². The third-order valence-corrected chi connectivity index (χ3v) is 2.72.